The van der Waals surface area contributed by atoms with Crippen molar-refractivity contribution in [1.82, 2.24) is 30.0 Å². The van der Waals surface area contributed by atoms with Gasteiger partial charge in [0.15, 0.2) is 5.16 Å². The van der Waals surface area contributed by atoms with Crippen molar-refractivity contribution < 1.29 is 4.79 Å². The van der Waals surface area contributed by atoms with E-state index in [1.807, 2.05) is 19.9 Å². The third kappa shape index (κ3) is 3.71. The Hall–Kier alpha value is -2.68. The van der Waals surface area contributed by atoms with E-state index < -0.39 is 0 Å². The third-order valence-electron chi connectivity index (χ3n) is 3.71. The normalized spacial score (nSPS) is 12.2. The van der Waals surface area contributed by atoms with E-state index in [1.165, 1.54) is 22.7 Å². The van der Waals surface area contributed by atoms with Gasteiger partial charge in [0.25, 0.3) is 5.56 Å². The second-order valence-corrected chi connectivity index (χ2v) is 6.47. The van der Waals surface area contributed by atoms with Gasteiger partial charge in [-0.15, -0.1) is 0 Å². The van der Waals surface area contributed by atoms with E-state index in [0.29, 0.717) is 16.1 Å². The molecule has 0 radical (unpaired) electrons. The molecular formula is C16H18N6O2S. The minimum absolute atomic E-state index is 0.106. The van der Waals surface area contributed by atoms with Gasteiger partial charge in [-0.3, -0.25) is 9.59 Å². The van der Waals surface area contributed by atoms with Crippen molar-refractivity contribution in [2.75, 3.05) is 5.75 Å². The monoisotopic (exact) mass is 358 g/mol. The molecule has 1 unspecified atom stereocenters. The number of aromatic nitrogens is 5. The Kier molecular flexibility index (Phi) is 5.13. The highest BCUT2D eigenvalue weighted by atomic mass is 32.2. The Balaban J connectivity index is 1.97. The Labute approximate surface area is 148 Å². The van der Waals surface area contributed by atoms with E-state index in [9.17, 15) is 9.59 Å². The number of rotatable bonds is 6. The smallest absolute Gasteiger partial charge is 0.269 e. The molecule has 25 heavy (non-hydrogen) atoms. The van der Waals surface area contributed by atoms with Crippen LogP contribution >= 0.6 is 11.8 Å². The molecule has 0 saturated heterocycles. The lowest BCUT2D eigenvalue weighted by Crippen LogP contribution is -2.33. The summed E-state index contributed by atoms with van der Waals surface area (Å²) in [7, 11) is 0. The lowest BCUT2D eigenvalue weighted by Gasteiger charge is -2.12. The molecule has 130 valence electrons. The van der Waals surface area contributed by atoms with Gasteiger partial charge in [-0.2, -0.15) is 10.1 Å². The van der Waals surface area contributed by atoms with Gasteiger partial charge >= 0.3 is 0 Å². The van der Waals surface area contributed by atoms with Crippen molar-refractivity contribution in [2.45, 2.75) is 31.5 Å². The van der Waals surface area contributed by atoms with Crippen LogP contribution in [0.3, 0.4) is 0 Å². The predicted octanol–water partition coefficient (Wildman–Crippen LogP) is 1.51. The molecule has 0 fully saturated rings. The Morgan fingerprint density at radius 2 is 2.20 bits per heavy atom. The number of hydrogen-bond acceptors (Lipinski definition) is 6. The molecule has 0 spiro atoms. The van der Waals surface area contributed by atoms with Crippen LogP contribution in [-0.2, 0) is 4.79 Å². The average Bonchev–Trinajstić information content (AvgIpc) is 3.14. The first-order valence-electron chi connectivity index (χ1n) is 7.89. The molecule has 0 aliphatic rings. The van der Waals surface area contributed by atoms with Gasteiger partial charge in [-0.05, 0) is 25.5 Å². The van der Waals surface area contributed by atoms with E-state index in [-0.39, 0.29) is 29.2 Å². The van der Waals surface area contributed by atoms with Crippen LogP contribution in [0, 0.1) is 0 Å². The number of amides is 1. The van der Waals surface area contributed by atoms with Crippen molar-refractivity contribution >= 4 is 28.6 Å². The minimum atomic E-state index is -0.257. The van der Waals surface area contributed by atoms with Gasteiger partial charge in [-0.1, -0.05) is 30.8 Å². The van der Waals surface area contributed by atoms with Crippen molar-refractivity contribution in [1.29, 1.82) is 0 Å². The maximum Gasteiger partial charge on any atom is 0.269 e. The summed E-state index contributed by atoms with van der Waals surface area (Å²) in [5, 5.41) is 10.2. The van der Waals surface area contributed by atoms with E-state index in [2.05, 4.69) is 25.5 Å². The van der Waals surface area contributed by atoms with Crippen LogP contribution in [0.2, 0.25) is 0 Å². The average molecular weight is 358 g/mol. The van der Waals surface area contributed by atoms with Crippen molar-refractivity contribution in [3.8, 4) is 5.95 Å². The molecule has 9 heteroatoms. The molecule has 2 N–H and O–H groups in total. The summed E-state index contributed by atoms with van der Waals surface area (Å²) in [6.45, 7) is 3.95. The van der Waals surface area contributed by atoms with Crippen LogP contribution in [0.25, 0.3) is 16.9 Å². The number of fused-ring (bicyclic) bond motifs is 1. The van der Waals surface area contributed by atoms with Gasteiger partial charge in [0, 0.05) is 6.04 Å². The van der Waals surface area contributed by atoms with Gasteiger partial charge in [0.1, 0.15) is 6.33 Å². The van der Waals surface area contributed by atoms with Gasteiger partial charge in [0.05, 0.1) is 16.7 Å². The Bertz CT molecular complexity index is 937. The molecule has 2 aromatic heterocycles. The van der Waals surface area contributed by atoms with E-state index >= 15 is 0 Å². The highest BCUT2D eigenvalue weighted by Crippen LogP contribution is 2.19. The molecule has 1 atom stereocenters. The lowest BCUT2D eigenvalue weighted by atomic mass is 10.2. The van der Waals surface area contributed by atoms with Crippen LogP contribution in [0.1, 0.15) is 20.3 Å². The first-order chi connectivity index (χ1) is 12.1. The topological polar surface area (TPSA) is 106 Å². The fourth-order valence-electron chi connectivity index (χ4n) is 2.25. The van der Waals surface area contributed by atoms with Gasteiger partial charge in [-0.25, -0.2) is 14.6 Å². The number of benzene rings is 1. The zero-order valence-corrected chi connectivity index (χ0v) is 14.7. The maximum absolute atomic E-state index is 12.8. The molecule has 8 nitrogen and oxygen atoms in total. The van der Waals surface area contributed by atoms with E-state index in [1.54, 1.807) is 18.2 Å². The number of carbonyl (C=O) groups excluding carboxylic acids is 1. The third-order valence-corrected chi connectivity index (χ3v) is 4.65. The minimum Gasteiger partial charge on any atom is -0.353 e. The number of nitrogens with zero attached hydrogens (tertiary/aromatic N) is 4. The summed E-state index contributed by atoms with van der Waals surface area (Å²) >= 11 is 1.19. The van der Waals surface area contributed by atoms with E-state index in [4.69, 9.17) is 0 Å². The summed E-state index contributed by atoms with van der Waals surface area (Å²) in [6, 6.07) is 7.18. The molecule has 0 bridgehead atoms. The number of aromatic amines is 1. The predicted molar refractivity (Wildman–Crippen MR) is 95.9 cm³/mol. The second-order valence-electron chi connectivity index (χ2n) is 5.53. The SMILES string of the molecule is CCC(C)NC(=O)CSc1nc2ccccc2c(=O)n1-c1ncn[nH]1. The molecule has 0 saturated carbocycles. The fraction of sp³-hybridized carbons (Fsp3) is 0.312. The summed E-state index contributed by atoms with van der Waals surface area (Å²) in [5.41, 5.74) is 0.320. The number of para-hydroxylation sites is 1. The number of thioether (sulfide) groups is 1. The number of H-pyrrole nitrogens is 1. The molecule has 0 aliphatic heterocycles. The number of nitrogens with one attached hydrogen (secondary N) is 2. The first kappa shape index (κ1) is 17.2. The molecule has 3 aromatic rings. The quantitative estimate of drug-likeness (QED) is 0.511. The van der Waals surface area contributed by atoms with Crippen LogP contribution in [0.15, 0.2) is 40.5 Å². The summed E-state index contributed by atoms with van der Waals surface area (Å²) in [5.74, 6) is 0.322. The van der Waals surface area contributed by atoms with Crippen LogP contribution in [-0.4, -0.2) is 42.4 Å². The maximum atomic E-state index is 12.8. The zero-order chi connectivity index (χ0) is 17.8. The highest BCUT2D eigenvalue weighted by Gasteiger charge is 2.16. The summed E-state index contributed by atoms with van der Waals surface area (Å²) in [4.78, 5) is 33.5. The lowest BCUT2D eigenvalue weighted by molar-refractivity contribution is -0.119. The Morgan fingerprint density at radius 1 is 1.40 bits per heavy atom. The van der Waals surface area contributed by atoms with Gasteiger partial charge in [0.2, 0.25) is 11.9 Å². The summed E-state index contributed by atoms with van der Waals surface area (Å²) in [6.07, 6.45) is 2.18. The Morgan fingerprint density at radius 3 is 2.92 bits per heavy atom. The van der Waals surface area contributed by atoms with Crippen LogP contribution < -0.4 is 10.9 Å². The molecule has 1 amide bonds. The molecule has 0 aliphatic carbocycles. The van der Waals surface area contributed by atoms with Crippen molar-refractivity contribution in [2.24, 2.45) is 0 Å². The van der Waals surface area contributed by atoms with Crippen molar-refractivity contribution in [3.63, 3.8) is 0 Å². The number of hydrogen-bond donors (Lipinski definition) is 2. The largest absolute Gasteiger partial charge is 0.353 e. The standard InChI is InChI=1S/C16H18N6O2S/c1-3-10(2)19-13(23)8-25-16-20-12-7-5-4-6-11(12)14(24)22(16)15-17-9-18-21-15/h4-7,9-10H,3,8H2,1-2H3,(H,19,23)(H,17,18,21). The fourth-order valence-corrected chi connectivity index (χ4v) is 3.06. The first-order valence-corrected chi connectivity index (χ1v) is 8.88. The van der Waals surface area contributed by atoms with Crippen LogP contribution in [0.5, 0.6) is 0 Å². The van der Waals surface area contributed by atoms with E-state index in [0.717, 1.165) is 6.42 Å². The highest BCUT2D eigenvalue weighted by molar-refractivity contribution is 7.99. The zero-order valence-electron chi connectivity index (χ0n) is 13.9. The molecule has 3 rings (SSSR count). The van der Waals surface area contributed by atoms with Gasteiger partial charge < -0.3 is 5.32 Å². The number of carbonyl (C=O) groups is 1. The molecule has 1 aromatic carbocycles. The summed E-state index contributed by atoms with van der Waals surface area (Å²) < 4.78 is 1.34. The second kappa shape index (κ2) is 7.47. The molecular weight excluding hydrogens is 340 g/mol. The van der Waals surface area contributed by atoms with Crippen LogP contribution in [0.4, 0.5) is 0 Å². The molecule has 2 heterocycles. The van der Waals surface area contributed by atoms with Crippen molar-refractivity contribution in [3.05, 3.63) is 40.9 Å².